The summed E-state index contributed by atoms with van der Waals surface area (Å²) in [4.78, 5) is 18.5. The highest BCUT2D eigenvalue weighted by molar-refractivity contribution is 5.67. The maximum atomic E-state index is 12.8. The lowest BCUT2D eigenvalue weighted by molar-refractivity contribution is 0.628. The molecule has 2 rings (SSSR count). The summed E-state index contributed by atoms with van der Waals surface area (Å²) in [6.07, 6.45) is 3.54. The van der Waals surface area contributed by atoms with Gasteiger partial charge in [0.25, 0.3) is 5.56 Å². The molecule has 98 valence electrons. The Balaban J connectivity index is 2.28. The van der Waals surface area contributed by atoms with Crippen molar-refractivity contribution in [3.63, 3.8) is 0 Å². The lowest BCUT2D eigenvalue weighted by Crippen LogP contribution is -2.12. The van der Waals surface area contributed by atoms with E-state index in [2.05, 4.69) is 9.97 Å². The molecule has 0 bridgehead atoms. The number of benzene rings is 1. The van der Waals surface area contributed by atoms with Crippen molar-refractivity contribution in [3.05, 3.63) is 63.6 Å². The van der Waals surface area contributed by atoms with Crippen molar-refractivity contribution in [2.75, 3.05) is 0 Å². The molecular weight excluding hydrogens is 243 g/mol. The maximum absolute atomic E-state index is 12.8. The number of rotatable bonds is 3. The fraction of sp³-hybridized carbons (Fsp3) is 0.200. The van der Waals surface area contributed by atoms with Crippen LogP contribution in [-0.4, -0.2) is 9.97 Å². The fourth-order valence-corrected chi connectivity index (χ4v) is 1.61. The molecule has 19 heavy (non-hydrogen) atoms. The number of hydrogen-bond donors (Lipinski definition) is 1. The summed E-state index contributed by atoms with van der Waals surface area (Å²) in [5.41, 5.74) is 1.28. The normalized spacial score (nSPS) is 11.4. The van der Waals surface area contributed by atoms with Gasteiger partial charge in [-0.1, -0.05) is 32.1 Å². The van der Waals surface area contributed by atoms with E-state index in [9.17, 15) is 9.18 Å². The third-order valence-electron chi connectivity index (χ3n) is 2.64. The first-order valence-corrected chi connectivity index (χ1v) is 6.09. The number of nitrogens with zero attached hydrogens (tertiary/aromatic N) is 1. The Kier molecular flexibility index (Phi) is 3.90. The third kappa shape index (κ3) is 3.61. The van der Waals surface area contributed by atoms with Crippen LogP contribution >= 0.6 is 0 Å². The first kappa shape index (κ1) is 13.2. The van der Waals surface area contributed by atoms with Crippen LogP contribution in [0.25, 0.3) is 12.2 Å². The number of halogens is 1. The molecule has 0 radical (unpaired) electrons. The van der Waals surface area contributed by atoms with E-state index in [-0.39, 0.29) is 17.3 Å². The Morgan fingerprint density at radius 1 is 1.21 bits per heavy atom. The standard InChI is InChI=1S/C15H15FN2O/c1-10(2)15-17-13(9-14(19)18-15)8-5-11-3-6-12(16)7-4-11/h3-10H,1-2H3,(H,17,18,19)/b8-5+. The lowest BCUT2D eigenvalue weighted by atomic mass is 10.2. The quantitative estimate of drug-likeness (QED) is 0.918. The van der Waals surface area contributed by atoms with Crippen LogP contribution in [0.3, 0.4) is 0 Å². The van der Waals surface area contributed by atoms with Crippen molar-refractivity contribution in [3.8, 4) is 0 Å². The van der Waals surface area contributed by atoms with E-state index in [4.69, 9.17) is 0 Å². The lowest BCUT2D eigenvalue weighted by Gasteiger charge is -2.04. The number of aromatic amines is 1. The minimum atomic E-state index is -0.270. The molecule has 0 aliphatic heterocycles. The predicted octanol–water partition coefficient (Wildman–Crippen LogP) is 3.20. The molecule has 1 heterocycles. The second-order valence-corrected chi connectivity index (χ2v) is 4.60. The SMILES string of the molecule is CC(C)c1nc(/C=C/c2ccc(F)cc2)cc(=O)[nH]1. The Bertz CT molecular complexity index is 642. The molecule has 1 N–H and O–H groups in total. The number of H-pyrrole nitrogens is 1. The summed E-state index contributed by atoms with van der Waals surface area (Å²) in [6, 6.07) is 7.56. The molecule has 0 aliphatic carbocycles. The molecule has 3 nitrogen and oxygen atoms in total. The topological polar surface area (TPSA) is 45.8 Å². The zero-order chi connectivity index (χ0) is 13.8. The van der Waals surface area contributed by atoms with E-state index < -0.39 is 0 Å². The molecule has 0 spiro atoms. The van der Waals surface area contributed by atoms with Crippen molar-refractivity contribution in [1.82, 2.24) is 9.97 Å². The molecule has 2 aromatic rings. The Morgan fingerprint density at radius 3 is 2.53 bits per heavy atom. The number of aromatic nitrogens is 2. The van der Waals surface area contributed by atoms with Gasteiger partial charge in [0.05, 0.1) is 5.69 Å². The largest absolute Gasteiger partial charge is 0.310 e. The molecule has 1 aromatic carbocycles. The average Bonchev–Trinajstić information content (AvgIpc) is 2.37. The highest BCUT2D eigenvalue weighted by atomic mass is 19.1. The highest BCUT2D eigenvalue weighted by Gasteiger charge is 2.03. The van der Waals surface area contributed by atoms with Gasteiger partial charge in [-0.3, -0.25) is 4.79 Å². The summed E-state index contributed by atoms with van der Waals surface area (Å²) in [7, 11) is 0. The minimum Gasteiger partial charge on any atom is -0.310 e. The van der Waals surface area contributed by atoms with E-state index >= 15 is 0 Å². The summed E-state index contributed by atoms with van der Waals surface area (Å²) < 4.78 is 12.8. The highest BCUT2D eigenvalue weighted by Crippen LogP contribution is 2.10. The van der Waals surface area contributed by atoms with Gasteiger partial charge in [0.2, 0.25) is 0 Å². The first-order chi connectivity index (χ1) is 9.04. The van der Waals surface area contributed by atoms with Crippen LogP contribution in [0.1, 0.15) is 36.8 Å². The van der Waals surface area contributed by atoms with Crippen molar-refractivity contribution >= 4 is 12.2 Å². The van der Waals surface area contributed by atoms with Crippen LogP contribution in [0, 0.1) is 5.82 Å². The smallest absolute Gasteiger partial charge is 0.251 e. The molecule has 0 saturated carbocycles. The molecule has 0 atom stereocenters. The zero-order valence-corrected chi connectivity index (χ0v) is 10.9. The Labute approximate surface area is 110 Å². The zero-order valence-electron chi connectivity index (χ0n) is 10.9. The monoisotopic (exact) mass is 258 g/mol. The fourth-order valence-electron chi connectivity index (χ4n) is 1.61. The summed E-state index contributed by atoms with van der Waals surface area (Å²) >= 11 is 0. The van der Waals surface area contributed by atoms with Crippen molar-refractivity contribution < 1.29 is 4.39 Å². The van der Waals surface area contributed by atoms with Crippen LogP contribution in [0.15, 0.2) is 35.1 Å². The van der Waals surface area contributed by atoms with Gasteiger partial charge in [-0.25, -0.2) is 9.37 Å². The van der Waals surface area contributed by atoms with E-state index in [1.165, 1.54) is 18.2 Å². The van der Waals surface area contributed by atoms with Gasteiger partial charge in [0.1, 0.15) is 11.6 Å². The molecule has 0 unspecified atom stereocenters. The van der Waals surface area contributed by atoms with Gasteiger partial charge in [0.15, 0.2) is 0 Å². The number of nitrogens with one attached hydrogen (secondary N) is 1. The van der Waals surface area contributed by atoms with Crippen LogP contribution in [0.5, 0.6) is 0 Å². The second kappa shape index (κ2) is 5.61. The maximum Gasteiger partial charge on any atom is 0.251 e. The van der Waals surface area contributed by atoms with Gasteiger partial charge < -0.3 is 4.98 Å². The van der Waals surface area contributed by atoms with Crippen molar-refractivity contribution in [2.45, 2.75) is 19.8 Å². The molecule has 0 fully saturated rings. The van der Waals surface area contributed by atoms with Crippen LogP contribution < -0.4 is 5.56 Å². The Morgan fingerprint density at radius 2 is 1.89 bits per heavy atom. The molecule has 1 aromatic heterocycles. The van der Waals surface area contributed by atoms with Gasteiger partial charge in [-0.05, 0) is 23.8 Å². The molecule has 4 heteroatoms. The van der Waals surface area contributed by atoms with E-state index in [0.717, 1.165) is 5.56 Å². The minimum absolute atomic E-state index is 0.159. The predicted molar refractivity (Wildman–Crippen MR) is 74.3 cm³/mol. The number of hydrogen-bond acceptors (Lipinski definition) is 2. The summed E-state index contributed by atoms with van der Waals surface area (Å²) in [5, 5.41) is 0. The van der Waals surface area contributed by atoms with Crippen LogP contribution in [0.2, 0.25) is 0 Å². The summed E-state index contributed by atoms with van der Waals surface area (Å²) in [6.45, 7) is 3.93. The average molecular weight is 258 g/mol. The van der Waals surface area contributed by atoms with Gasteiger partial charge >= 0.3 is 0 Å². The van der Waals surface area contributed by atoms with E-state index in [0.29, 0.717) is 11.5 Å². The van der Waals surface area contributed by atoms with Crippen molar-refractivity contribution in [2.24, 2.45) is 0 Å². The van der Waals surface area contributed by atoms with E-state index in [1.54, 1.807) is 24.3 Å². The Hall–Kier alpha value is -2.23. The third-order valence-corrected chi connectivity index (χ3v) is 2.64. The van der Waals surface area contributed by atoms with Gasteiger partial charge in [0, 0.05) is 12.0 Å². The molecular formula is C15H15FN2O. The van der Waals surface area contributed by atoms with Crippen LogP contribution in [-0.2, 0) is 0 Å². The van der Waals surface area contributed by atoms with Gasteiger partial charge in [-0.15, -0.1) is 0 Å². The molecule has 0 amide bonds. The summed E-state index contributed by atoms with van der Waals surface area (Å²) in [5.74, 6) is 0.548. The molecule has 0 saturated heterocycles. The van der Waals surface area contributed by atoms with E-state index in [1.807, 2.05) is 13.8 Å². The van der Waals surface area contributed by atoms with Crippen molar-refractivity contribution in [1.29, 1.82) is 0 Å². The second-order valence-electron chi connectivity index (χ2n) is 4.60. The first-order valence-electron chi connectivity index (χ1n) is 6.09. The van der Waals surface area contributed by atoms with Gasteiger partial charge in [-0.2, -0.15) is 0 Å². The molecule has 0 aliphatic rings. The van der Waals surface area contributed by atoms with Crippen LogP contribution in [0.4, 0.5) is 4.39 Å².